The first-order chi connectivity index (χ1) is 7.79. The van der Waals surface area contributed by atoms with E-state index in [9.17, 15) is 0 Å². The van der Waals surface area contributed by atoms with E-state index >= 15 is 0 Å². The molecule has 84 valence electrons. The molecule has 0 aliphatic carbocycles. The lowest BCUT2D eigenvalue weighted by atomic mass is 10.1. The fourth-order valence-corrected chi connectivity index (χ4v) is 1.70. The van der Waals surface area contributed by atoms with Gasteiger partial charge in [-0.1, -0.05) is 35.9 Å². The number of hydrogen-bond donors (Lipinski definition) is 0. The normalized spacial score (nSPS) is 10.9. The van der Waals surface area contributed by atoms with Gasteiger partial charge in [-0.25, -0.2) is 9.78 Å². The molecule has 2 heteroatoms. The van der Waals surface area contributed by atoms with Gasteiger partial charge in [0.1, 0.15) is 6.61 Å². The SMILES string of the molecule is CCOOCc1ccc2cc(C)ccc2c1. The van der Waals surface area contributed by atoms with Gasteiger partial charge in [0.25, 0.3) is 0 Å². The second-order valence-corrected chi connectivity index (χ2v) is 3.85. The summed E-state index contributed by atoms with van der Waals surface area (Å²) in [5.74, 6) is 0. The van der Waals surface area contributed by atoms with Crippen LogP contribution in [0.1, 0.15) is 18.1 Å². The summed E-state index contributed by atoms with van der Waals surface area (Å²) in [5, 5.41) is 2.50. The maximum atomic E-state index is 5.04. The molecule has 16 heavy (non-hydrogen) atoms. The van der Waals surface area contributed by atoms with Crippen molar-refractivity contribution in [3.8, 4) is 0 Å². The fourth-order valence-electron chi connectivity index (χ4n) is 1.70. The zero-order chi connectivity index (χ0) is 11.4. The summed E-state index contributed by atoms with van der Waals surface area (Å²) in [4.78, 5) is 9.91. The second kappa shape index (κ2) is 5.10. The van der Waals surface area contributed by atoms with Crippen LogP contribution in [0.15, 0.2) is 36.4 Å². The highest BCUT2D eigenvalue weighted by Gasteiger charge is 1.97. The highest BCUT2D eigenvalue weighted by Crippen LogP contribution is 2.18. The summed E-state index contributed by atoms with van der Waals surface area (Å²) in [6.45, 7) is 5.08. The number of hydrogen-bond acceptors (Lipinski definition) is 2. The molecule has 2 rings (SSSR count). The third-order valence-electron chi connectivity index (χ3n) is 2.49. The number of benzene rings is 2. The minimum absolute atomic E-state index is 0.498. The fraction of sp³-hybridized carbons (Fsp3) is 0.286. The van der Waals surface area contributed by atoms with Crippen molar-refractivity contribution in [2.75, 3.05) is 6.61 Å². The summed E-state index contributed by atoms with van der Waals surface area (Å²) in [6.07, 6.45) is 0. The van der Waals surface area contributed by atoms with Gasteiger partial charge in [-0.2, -0.15) is 0 Å². The van der Waals surface area contributed by atoms with Gasteiger partial charge in [-0.3, -0.25) is 0 Å². The summed E-state index contributed by atoms with van der Waals surface area (Å²) >= 11 is 0. The third kappa shape index (κ3) is 2.60. The topological polar surface area (TPSA) is 18.5 Å². The molecule has 0 bridgehead atoms. The smallest absolute Gasteiger partial charge is 0.107 e. The van der Waals surface area contributed by atoms with E-state index in [2.05, 4.69) is 43.3 Å². The molecule has 2 nitrogen and oxygen atoms in total. The van der Waals surface area contributed by atoms with Crippen molar-refractivity contribution in [3.63, 3.8) is 0 Å². The lowest BCUT2D eigenvalue weighted by molar-refractivity contribution is -0.300. The first-order valence-corrected chi connectivity index (χ1v) is 5.53. The van der Waals surface area contributed by atoms with Gasteiger partial charge in [-0.15, -0.1) is 0 Å². The number of fused-ring (bicyclic) bond motifs is 1. The average Bonchev–Trinajstić information content (AvgIpc) is 2.29. The Morgan fingerprint density at radius 3 is 2.50 bits per heavy atom. The van der Waals surface area contributed by atoms with Gasteiger partial charge in [0.2, 0.25) is 0 Å². The third-order valence-corrected chi connectivity index (χ3v) is 2.49. The van der Waals surface area contributed by atoms with Crippen LogP contribution in [0.2, 0.25) is 0 Å². The second-order valence-electron chi connectivity index (χ2n) is 3.85. The molecule has 0 heterocycles. The lowest BCUT2D eigenvalue weighted by Gasteiger charge is -2.04. The molecule has 2 aromatic rings. The Bertz CT molecular complexity index is 477. The van der Waals surface area contributed by atoms with Crippen molar-refractivity contribution < 1.29 is 9.78 Å². The van der Waals surface area contributed by atoms with E-state index < -0.39 is 0 Å². The number of rotatable bonds is 4. The van der Waals surface area contributed by atoms with Gasteiger partial charge in [0.15, 0.2) is 0 Å². The minimum atomic E-state index is 0.498. The van der Waals surface area contributed by atoms with Crippen LogP contribution in [-0.2, 0) is 16.4 Å². The van der Waals surface area contributed by atoms with Gasteiger partial charge in [-0.05, 0) is 36.2 Å². The first kappa shape index (κ1) is 11.1. The van der Waals surface area contributed by atoms with E-state index in [0.717, 1.165) is 5.56 Å². The van der Waals surface area contributed by atoms with E-state index in [1.165, 1.54) is 16.3 Å². The van der Waals surface area contributed by atoms with Crippen molar-refractivity contribution in [1.82, 2.24) is 0 Å². The van der Waals surface area contributed by atoms with Crippen LogP contribution in [0.25, 0.3) is 10.8 Å². The molecule has 2 aromatic carbocycles. The monoisotopic (exact) mass is 216 g/mol. The molecule has 0 spiro atoms. The maximum Gasteiger partial charge on any atom is 0.107 e. The first-order valence-electron chi connectivity index (χ1n) is 5.53. The Morgan fingerprint density at radius 1 is 0.938 bits per heavy atom. The molecule has 0 saturated carbocycles. The highest BCUT2D eigenvalue weighted by molar-refractivity contribution is 5.83. The van der Waals surface area contributed by atoms with Gasteiger partial charge in [0, 0.05) is 0 Å². The van der Waals surface area contributed by atoms with Crippen LogP contribution in [0.3, 0.4) is 0 Å². The predicted molar refractivity (Wildman–Crippen MR) is 65.1 cm³/mol. The van der Waals surface area contributed by atoms with E-state index in [4.69, 9.17) is 9.78 Å². The molecule has 0 fully saturated rings. The van der Waals surface area contributed by atoms with Crippen molar-refractivity contribution in [1.29, 1.82) is 0 Å². The lowest BCUT2D eigenvalue weighted by Crippen LogP contribution is -1.94. The minimum Gasteiger partial charge on any atom is -0.237 e. The van der Waals surface area contributed by atoms with Crippen molar-refractivity contribution in [2.24, 2.45) is 0 Å². The van der Waals surface area contributed by atoms with Gasteiger partial charge < -0.3 is 0 Å². The summed E-state index contributed by atoms with van der Waals surface area (Å²) in [6, 6.07) is 12.8. The molecule has 0 aliphatic rings. The van der Waals surface area contributed by atoms with Crippen LogP contribution < -0.4 is 0 Å². The molecule has 0 saturated heterocycles. The van der Waals surface area contributed by atoms with E-state index in [1.807, 2.05) is 6.92 Å². The molecule has 0 N–H and O–H groups in total. The van der Waals surface area contributed by atoms with E-state index in [-0.39, 0.29) is 0 Å². The summed E-state index contributed by atoms with van der Waals surface area (Å²) < 4.78 is 0. The van der Waals surface area contributed by atoms with Crippen molar-refractivity contribution >= 4 is 10.8 Å². The zero-order valence-electron chi connectivity index (χ0n) is 9.69. The Labute approximate surface area is 95.7 Å². The Hall–Kier alpha value is -1.38. The van der Waals surface area contributed by atoms with Crippen LogP contribution in [0.5, 0.6) is 0 Å². The van der Waals surface area contributed by atoms with Gasteiger partial charge >= 0.3 is 0 Å². The Balaban J connectivity index is 2.20. The maximum absolute atomic E-state index is 5.04. The molecule has 0 radical (unpaired) electrons. The molecule has 0 aromatic heterocycles. The standard InChI is InChI=1S/C14H16O2/c1-3-15-16-10-12-5-7-13-8-11(2)4-6-14(13)9-12/h4-9H,3,10H2,1-2H3. The largest absolute Gasteiger partial charge is 0.237 e. The zero-order valence-corrected chi connectivity index (χ0v) is 9.69. The summed E-state index contributed by atoms with van der Waals surface area (Å²) in [5.41, 5.74) is 2.41. The average molecular weight is 216 g/mol. The van der Waals surface area contributed by atoms with Crippen LogP contribution in [0, 0.1) is 6.92 Å². The van der Waals surface area contributed by atoms with Crippen LogP contribution in [0.4, 0.5) is 0 Å². The highest BCUT2D eigenvalue weighted by atomic mass is 17.2. The molecule has 0 atom stereocenters. The molecular formula is C14H16O2. The summed E-state index contributed by atoms with van der Waals surface area (Å²) in [7, 11) is 0. The van der Waals surface area contributed by atoms with E-state index in [0.29, 0.717) is 13.2 Å². The van der Waals surface area contributed by atoms with Crippen LogP contribution in [-0.4, -0.2) is 6.61 Å². The van der Waals surface area contributed by atoms with Crippen molar-refractivity contribution in [2.45, 2.75) is 20.5 Å². The quantitative estimate of drug-likeness (QED) is 0.441. The Morgan fingerprint density at radius 2 is 1.69 bits per heavy atom. The molecular weight excluding hydrogens is 200 g/mol. The van der Waals surface area contributed by atoms with Crippen LogP contribution >= 0.6 is 0 Å². The predicted octanol–water partition coefficient (Wildman–Crippen LogP) is 3.62. The Kier molecular flexibility index (Phi) is 3.54. The molecule has 0 aliphatic heterocycles. The van der Waals surface area contributed by atoms with Crippen molar-refractivity contribution in [3.05, 3.63) is 47.5 Å². The van der Waals surface area contributed by atoms with E-state index in [1.54, 1.807) is 0 Å². The molecule has 0 unspecified atom stereocenters. The van der Waals surface area contributed by atoms with Gasteiger partial charge in [0.05, 0.1) is 6.61 Å². The number of aryl methyl sites for hydroxylation is 1. The molecule has 0 amide bonds.